The van der Waals surface area contributed by atoms with Crippen LogP contribution in [-0.2, 0) is 13.6 Å². The molecule has 2 aromatic rings. The Morgan fingerprint density at radius 2 is 1.82 bits per heavy atom. The van der Waals surface area contributed by atoms with Gasteiger partial charge in [0.25, 0.3) is 0 Å². The number of aromatic nitrogens is 3. The molecule has 0 aliphatic rings. The summed E-state index contributed by atoms with van der Waals surface area (Å²) in [5.74, 6) is 1.74. The third kappa shape index (κ3) is 2.90. The summed E-state index contributed by atoms with van der Waals surface area (Å²) in [4.78, 5) is 0. The average Bonchev–Trinajstić information content (AvgIpc) is 2.56. The van der Waals surface area contributed by atoms with Crippen LogP contribution in [0.25, 0.3) is 0 Å². The highest BCUT2D eigenvalue weighted by molar-refractivity contribution is 6.35. The Morgan fingerprint density at radius 3 is 2.35 bits per heavy atom. The summed E-state index contributed by atoms with van der Waals surface area (Å²) in [6.07, 6.45) is 0. The standard InChI is InChI=1S/C11H12Cl2N4/c1-7-15-16-11(17(7)2)6-14-10-4-8(12)3-9(13)5-10/h3-5,14H,6H2,1-2H3. The fraction of sp³-hybridized carbons (Fsp3) is 0.273. The maximum absolute atomic E-state index is 5.91. The maximum Gasteiger partial charge on any atom is 0.152 e. The molecule has 4 nitrogen and oxygen atoms in total. The van der Waals surface area contributed by atoms with Crippen LogP contribution in [0.1, 0.15) is 11.6 Å². The lowest BCUT2D eigenvalue weighted by atomic mass is 10.3. The first-order valence-corrected chi connectivity index (χ1v) is 5.86. The Kier molecular flexibility index (Phi) is 3.54. The van der Waals surface area contributed by atoms with E-state index in [0.717, 1.165) is 17.3 Å². The number of nitrogens with one attached hydrogen (secondary N) is 1. The van der Waals surface area contributed by atoms with E-state index in [9.17, 15) is 0 Å². The topological polar surface area (TPSA) is 42.7 Å². The molecule has 1 aromatic carbocycles. The lowest BCUT2D eigenvalue weighted by Gasteiger charge is -2.07. The van der Waals surface area contributed by atoms with E-state index in [2.05, 4.69) is 15.5 Å². The summed E-state index contributed by atoms with van der Waals surface area (Å²) in [6.45, 7) is 2.49. The number of benzene rings is 1. The van der Waals surface area contributed by atoms with Gasteiger partial charge in [0.1, 0.15) is 5.82 Å². The molecule has 2 rings (SSSR count). The van der Waals surface area contributed by atoms with Crippen molar-refractivity contribution in [2.24, 2.45) is 7.05 Å². The lowest BCUT2D eigenvalue weighted by Crippen LogP contribution is -2.06. The molecule has 17 heavy (non-hydrogen) atoms. The number of hydrogen-bond acceptors (Lipinski definition) is 3. The Labute approximate surface area is 110 Å². The van der Waals surface area contributed by atoms with Crippen LogP contribution < -0.4 is 5.32 Å². The smallest absolute Gasteiger partial charge is 0.152 e. The first-order valence-electron chi connectivity index (χ1n) is 5.11. The summed E-state index contributed by atoms with van der Waals surface area (Å²) in [5, 5.41) is 12.5. The Hall–Kier alpha value is -1.26. The molecule has 0 amide bonds. The van der Waals surface area contributed by atoms with Gasteiger partial charge in [0, 0.05) is 22.8 Å². The number of rotatable bonds is 3. The molecular weight excluding hydrogens is 259 g/mol. The van der Waals surface area contributed by atoms with Crippen molar-refractivity contribution >= 4 is 28.9 Å². The van der Waals surface area contributed by atoms with E-state index in [1.807, 2.05) is 30.7 Å². The van der Waals surface area contributed by atoms with Gasteiger partial charge in [-0.05, 0) is 25.1 Å². The van der Waals surface area contributed by atoms with Gasteiger partial charge in [-0.15, -0.1) is 10.2 Å². The molecule has 1 N–H and O–H groups in total. The second-order valence-corrected chi connectivity index (χ2v) is 4.61. The third-order valence-electron chi connectivity index (χ3n) is 2.50. The van der Waals surface area contributed by atoms with Gasteiger partial charge >= 0.3 is 0 Å². The van der Waals surface area contributed by atoms with Crippen molar-refractivity contribution < 1.29 is 0 Å². The molecule has 90 valence electrons. The second-order valence-electron chi connectivity index (χ2n) is 3.73. The van der Waals surface area contributed by atoms with Crippen LogP contribution in [0.15, 0.2) is 18.2 Å². The van der Waals surface area contributed by atoms with Crippen LogP contribution in [0.3, 0.4) is 0 Å². The highest BCUT2D eigenvalue weighted by atomic mass is 35.5. The summed E-state index contributed by atoms with van der Waals surface area (Å²) < 4.78 is 1.93. The lowest BCUT2D eigenvalue weighted by molar-refractivity contribution is 0.789. The monoisotopic (exact) mass is 270 g/mol. The van der Waals surface area contributed by atoms with Crippen LogP contribution in [-0.4, -0.2) is 14.8 Å². The van der Waals surface area contributed by atoms with Gasteiger partial charge in [-0.3, -0.25) is 0 Å². The van der Waals surface area contributed by atoms with E-state index in [-0.39, 0.29) is 0 Å². The number of aryl methyl sites for hydroxylation is 1. The molecule has 6 heteroatoms. The minimum atomic E-state index is 0.577. The van der Waals surface area contributed by atoms with Crippen LogP contribution in [0.4, 0.5) is 5.69 Å². The van der Waals surface area contributed by atoms with Crippen LogP contribution >= 0.6 is 23.2 Å². The summed E-state index contributed by atoms with van der Waals surface area (Å²) in [6, 6.07) is 5.33. The molecule has 0 bridgehead atoms. The molecule has 0 aliphatic heterocycles. The minimum Gasteiger partial charge on any atom is -0.378 e. The molecule has 1 heterocycles. The molecule has 1 aromatic heterocycles. The van der Waals surface area contributed by atoms with Crippen molar-refractivity contribution in [2.75, 3.05) is 5.32 Å². The van der Waals surface area contributed by atoms with Gasteiger partial charge in [0.05, 0.1) is 6.54 Å². The largest absolute Gasteiger partial charge is 0.378 e. The average molecular weight is 271 g/mol. The Morgan fingerprint density at radius 1 is 1.18 bits per heavy atom. The van der Waals surface area contributed by atoms with E-state index in [4.69, 9.17) is 23.2 Å². The van der Waals surface area contributed by atoms with Crippen LogP contribution in [0.2, 0.25) is 10.0 Å². The molecule has 0 aliphatic carbocycles. The van der Waals surface area contributed by atoms with E-state index in [1.165, 1.54) is 0 Å². The van der Waals surface area contributed by atoms with Gasteiger partial charge in [0.2, 0.25) is 0 Å². The minimum absolute atomic E-state index is 0.577. The van der Waals surface area contributed by atoms with E-state index < -0.39 is 0 Å². The number of nitrogens with zero attached hydrogens (tertiary/aromatic N) is 3. The zero-order valence-corrected chi connectivity index (χ0v) is 11.0. The molecule has 0 fully saturated rings. The zero-order valence-electron chi connectivity index (χ0n) is 9.54. The zero-order chi connectivity index (χ0) is 12.4. The van der Waals surface area contributed by atoms with E-state index in [0.29, 0.717) is 16.6 Å². The van der Waals surface area contributed by atoms with Crippen LogP contribution in [0, 0.1) is 6.92 Å². The summed E-state index contributed by atoms with van der Waals surface area (Å²) >= 11 is 11.8. The number of anilines is 1. The third-order valence-corrected chi connectivity index (χ3v) is 2.93. The highest BCUT2D eigenvalue weighted by Gasteiger charge is 2.04. The molecular formula is C11H12Cl2N4. The van der Waals surface area contributed by atoms with Crippen molar-refractivity contribution in [2.45, 2.75) is 13.5 Å². The number of halogens is 2. The van der Waals surface area contributed by atoms with Crippen molar-refractivity contribution in [3.63, 3.8) is 0 Å². The Balaban J connectivity index is 2.09. The van der Waals surface area contributed by atoms with Gasteiger partial charge in [0.15, 0.2) is 5.82 Å². The van der Waals surface area contributed by atoms with Gasteiger partial charge < -0.3 is 9.88 Å². The first-order chi connectivity index (χ1) is 8.06. The summed E-state index contributed by atoms with van der Waals surface area (Å²) in [7, 11) is 1.93. The molecule has 0 spiro atoms. The van der Waals surface area contributed by atoms with E-state index >= 15 is 0 Å². The van der Waals surface area contributed by atoms with Crippen LogP contribution in [0.5, 0.6) is 0 Å². The van der Waals surface area contributed by atoms with Gasteiger partial charge in [-0.2, -0.15) is 0 Å². The van der Waals surface area contributed by atoms with Crippen molar-refractivity contribution in [3.8, 4) is 0 Å². The predicted octanol–water partition coefficient (Wildman–Crippen LogP) is 3.04. The SMILES string of the molecule is Cc1nnc(CNc2cc(Cl)cc(Cl)c2)n1C. The normalized spacial score (nSPS) is 10.6. The number of hydrogen-bond donors (Lipinski definition) is 1. The summed E-state index contributed by atoms with van der Waals surface area (Å²) in [5.41, 5.74) is 0.864. The van der Waals surface area contributed by atoms with E-state index in [1.54, 1.807) is 6.07 Å². The van der Waals surface area contributed by atoms with Crippen molar-refractivity contribution in [1.82, 2.24) is 14.8 Å². The molecule has 0 atom stereocenters. The Bertz CT molecular complexity index is 516. The van der Waals surface area contributed by atoms with Crippen molar-refractivity contribution in [1.29, 1.82) is 0 Å². The first kappa shape index (κ1) is 12.2. The van der Waals surface area contributed by atoms with Gasteiger partial charge in [-0.1, -0.05) is 23.2 Å². The molecule has 0 unspecified atom stereocenters. The van der Waals surface area contributed by atoms with Gasteiger partial charge in [-0.25, -0.2) is 0 Å². The highest BCUT2D eigenvalue weighted by Crippen LogP contribution is 2.22. The molecule has 0 saturated heterocycles. The quantitative estimate of drug-likeness (QED) is 0.933. The molecule has 0 saturated carbocycles. The fourth-order valence-electron chi connectivity index (χ4n) is 1.44. The second kappa shape index (κ2) is 4.94. The predicted molar refractivity (Wildman–Crippen MR) is 69.5 cm³/mol. The maximum atomic E-state index is 5.91. The fourth-order valence-corrected chi connectivity index (χ4v) is 1.97. The molecule has 0 radical (unpaired) electrons. The van der Waals surface area contributed by atoms with Crippen molar-refractivity contribution in [3.05, 3.63) is 39.9 Å².